The second-order valence-electron chi connectivity index (χ2n) is 4.80. The molecule has 0 spiro atoms. The number of thiocarbonyl (C=S) groups is 1. The predicted molar refractivity (Wildman–Crippen MR) is 96.9 cm³/mol. The summed E-state index contributed by atoms with van der Waals surface area (Å²) < 4.78 is 10.2. The van der Waals surface area contributed by atoms with E-state index >= 15 is 0 Å². The van der Waals surface area contributed by atoms with Crippen LogP contribution in [0.1, 0.15) is 13.8 Å². The molecular weight excluding hydrogens is 328 g/mol. The monoisotopic (exact) mass is 348 g/mol. The molecule has 0 fully saturated rings. The van der Waals surface area contributed by atoms with Crippen LogP contribution in [0.4, 0.5) is 5.69 Å². The maximum atomic E-state index is 11.6. The Balaban J connectivity index is 2.45. The minimum absolute atomic E-state index is 0.115. The van der Waals surface area contributed by atoms with Crippen molar-refractivity contribution in [3.8, 4) is 5.75 Å². The van der Waals surface area contributed by atoms with Gasteiger partial charge in [-0.05, 0) is 55.9 Å². The molecule has 6 nitrogen and oxygen atoms in total. The van der Waals surface area contributed by atoms with Gasteiger partial charge in [0.2, 0.25) is 5.91 Å². The molecular formula is C17H20N2O4S. The maximum Gasteiger partial charge on any atom is 0.330 e. The van der Waals surface area contributed by atoms with Crippen molar-refractivity contribution in [1.82, 2.24) is 5.32 Å². The molecule has 0 bridgehead atoms. The molecule has 0 atom stereocenters. The Hall–Kier alpha value is -2.67. The van der Waals surface area contributed by atoms with Crippen LogP contribution in [0.15, 0.2) is 48.6 Å². The second-order valence-corrected chi connectivity index (χ2v) is 5.21. The predicted octanol–water partition coefficient (Wildman–Crippen LogP) is 2.57. The molecule has 24 heavy (non-hydrogen) atoms. The van der Waals surface area contributed by atoms with Crippen molar-refractivity contribution < 1.29 is 19.1 Å². The molecule has 0 radical (unpaired) electrons. The fraction of sp³-hybridized carbons (Fsp3) is 0.235. The molecule has 7 heteroatoms. The lowest BCUT2D eigenvalue weighted by Crippen LogP contribution is -2.32. The van der Waals surface area contributed by atoms with E-state index in [1.807, 2.05) is 6.92 Å². The molecule has 0 unspecified atom stereocenters. The minimum atomic E-state index is -0.586. The Morgan fingerprint density at radius 3 is 2.50 bits per heavy atom. The molecule has 1 rings (SSSR count). The van der Waals surface area contributed by atoms with Crippen molar-refractivity contribution >= 4 is 34.9 Å². The number of amides is 1. The number of hydrogen-bond donors (Lipinski definition) is 2. The summed E-state index contributed by atoms with van der Waals surface area (Å²) in [5.41, 5.74) is 1.62. The normalized spacial score (nSPS) is 10.1. The van der Waals surface area contributed by atoms with E-state index in [1.54, 1.807) is 31.2 Å². The third-order valence-corrected chi connectivity index (χ3v) is 2.70. The molecule has 1 amide bonds. The highest BCUT2D eigenvalue weighted by Gasteiger charge is 2.03. The first-order valence-electron chi connectivity index (χ1n) is 7.24. The molecule has 128 valence electrons. The zero-order valence-corrected chi connectivity index (χ0v) is 14.4. The van der Waals surface area contributed by atoms with Crippen molar-refractivity contribution in [3.05, 3.63) is 48.6 Å². The van der Waals surface area contributed by atoms with E-state index < -0.39 is 11.9 Å². The van der Waals surface area contributed by atoms with Crippen LogP contribution >= 0.6 is 12.2 Å². The van der Waals surface area contributed by atoms with Crippen LogP contribution in [0, 0.1) is 0 Å². The van der Waals surface area contributed by atoms with E-state index in [0.29, 0.717) is 18.0 Å². The van der Waals surface area contributed by atoms with Crippen molar-refractivity contribution in [2.24, 2.45) is 0 Å². The summed E-state index contributed by atoms with van der Waals surface area (Å²) in [6.07, 6.45) is 2.09. The van der Waals surface area contributed by atoms with E-state index in [4.69, 9.17) is 17.0 Å². The van der Waals surface area contributed by atoms with Gasteiger partial charge in [0.25, 0.3) is 0 Å². The third-order valence-electron chi connectivity index (χ3n) is 2.49. The number of rotatable bonds is 7. The Morgan fingerprint density at radius 1 is 1.25 bits per heavy atom. The highest BCUT2D eigenvalue weighted by molar-refractivity contribution is 7.80. The van der Waals surface area contributed by atoms with Gasteiger partial charge in [0.15, 0.2) is 5.11 Å². The largest absolute Gasteiger partial charge is 0.489 e. The van der Waals surface area contributed by atoms with E-state index in [2.05, 4.69) is 21.9 Å². The smallest absolute Gasteiger partial charge is 0.330 e. The minimum Gasteiger partial charge on any atom is -0.489 e. The highest BCUT2D eigenvalue weighted by Crippen LogP contribution is 2.16. The molecule has 0 saturated heterocycles. The molecule has 2 N–H and O–H groups in total. The summed E-state index contributed by atoms with van der Waals surface area (Å²) in [6.45, 7) is 8.02. The summed E-state index contributed by atoms with van der Waals surface area (Å²) in [5.74, 6) is -0.408. The van der Waals surface area contributed by atoms with Crippen LogP contribution in [0.25, 0.3) is 0 Å². The van der Waals surface area contributed by atoms with Crippen molar-refractivity contribution in [3.63, 3.8) is 0 Å². The van der Waals surface area contributed by atoms with Gasteiger partial charge in [0.1, 0.15) is 12.4 Å². The fourth-order valence-electron chi connectivity index (χ4n) is 1.49. The first kappa shape index (κ1) is 19.4. The van der Waals surface area contributed by atoms with E-state index in [0.717, 1.165) is 17.7 Å². The van der Waals surface area contributed by atoms with Crippen LogP contribution < -0.4 is 15.4 Å². The third kappa shape index (κ3) is 8.09. The van der Waals surface area contributed by atoms with Crippen LogP contribution in [0.3, 0.4) is 0 Å². The van der Waals surface area contributed by atoms with Crippen molar-refractivity contribution in [2.45, 2.75) is 13.8 Å². The maximum absolute atomic E-state index is 11.6. The van der Waals surface area contributed by atoms with Gasteiger partial charge in [0.05, 0.1) is 6.61 Å². The van der Waals surface area contributed by atoms with Gasteiger partial charge in [0, 0.05) is 17.8 Å². The van der Waals surface area contributed by atoms with E-state index in [-0.39, 0.29) is 11.7 Å². The number of anilines is 1. The zero-order chi connectivity index (χ0) is 17.9. The Kier molecular flexibility index (Phi) is 8.21. The fourth-order valence-corrected chi connectivity index (χ4v) is 1.71. The summed E-state index contributed by atoms with van der Waals surface area (Å²) >= 11 is 5.03. The average molecular weight is 348 g/mol. The van der Waals surface area contributed by atoms with E-state index in [1.165, 1.54) is 0 Å². The Morgan fingerprint density at radius 2 is 1.92 bits per heavy atom. The van der Waals surface area contributed by atoms with E-state index in [9.17, 15) is 9.59 Å². The van der Waals surface area contributed by atoms with Crippen LogP contribution in [-0.2, 0) is 14.3 Å². The van der Waals surface area contributed by atoms with Crippen LogP contribution in [-0.4, -0.2) is 30.2 Å². The topological polar surface area (TPSA) is 76.7 Å². The van der Waals surface area contributed by atoms with Crippen LogP contribution in [0.5, 0.6) is 5.75 Å². The molecule has 0 saturated carbocycles. The first-order chi connectivity index (χ1) is 11.4. The number of esters is 1. The number of hydrogen-bond acceptors (Lipinski definition) is 5. The molecule has 0 aliphatic heterocycles. The molecule has 1 aromatic carbocycles. The molecule has 0 aliphatic rings. The van der Waals surface area contributed by atoms with Gasteiger partial charge in [-0.1, -0.05) is 6.58 Å². The van der Waals surface area contributed by atoms with Gasteiger partial charge in [-0.25, -0.2) is 4.79 Å². The second kappa shape index (κ2) is 10.2. The number of ether oxygens (including phenoxy) is 2. The lowest BCUT2D eigenvalue weighted by atomic mass is 10.3. The van der Waals surface area contributed by atoms with Gasteiger partial charge >= 0.3 is 5.97 Å². The average Bonchev–Trinajstić information content (AvgIpc) is 2.52. The highest BCUT2D eigenvalue weighted by atomic mass is 32.1. The van der Waals surface area contributed by atoms with Crippen molar-refractivity contribution in [2.75, 3.05) is 18.5 Å². The molecule has 0 aliphatic carbocycles. The number of carbonyl (C=O) groups excluding carboxylic acids is 2. The molecule has 0 aromatic heterocycles. The van der Waals surface area contributed by atoms with Gasteiger partial charge < -0.3 is 14.8 Å². The Bertz CT molecular complexity index is 638. The summed E-state index contributed by atoms with van der Waals surface area (Å²) in [4.78, 5) is 22.7. The van der Waals surface area contributed by atoms with Gasteiger partial charge in [-0.15, -0.1) is 0 Å². The standard InChI is InChI=1S/C17H20N2O4S/c1-4-22-16(21)10-9-15(20)19-17(24)18-13-5-7-14(8-6-13)23-11-12(2)3/h5-10H,2,4,11H2,1,3H3,(H2,18,19,20,24)/b10-9+. The summed E-state index contributed by atoms with van der Waals surface area (Å²) in [7, 11) is 0. The summed E-state index contributed by atoms with van der Waals surface area (Å²) in [6, 6.07) is 7.08. The van der Waals surface area contributed by atoms with Crippen molar-refractivity contribution in [1.29, 1.82) is 0 Å². The number of nitrogens with one attached hydrogen (secondary N) is 2. The lowest BCUT2D eigenvalue weighted by molar-refractivity contribution is -0.137. The SMILES string of the molecule is C=C(C)COc1ccc(NC(=S)NC(=O)/C=C/C(=O)OCC)cc1. The van der Waals surface area contributed by atoms with Crippen LogP contribution in [0.2, 0.25) is 0 Å². The number of benzene rings is 1. The Labute approximate surface area is 146 Å². The summed E-state index contributed by atoms with van der Waals surface area (Å²) in [5, 5.41) is 5.39. The quantitative estimate of drug-likeness (QED) is 0.341. The molecule has 1 aromatic rings. The zero-order valence-electron chi connectivity index (χ0n) is 13.6. The number of carbonyl (C=O) groups is 2. The first-order valence-corrected chi connectivity index (χ1v) is 7.65. The lowest BCUT2D eigenvalue weighted by Gasteiger charge is -2.10. The molecule has 0 heterocycles. The van der Waals surface area contributed by atoms with Gasteiger partial charge in [-0.3, -0.25) is 10.1 Å². The van der Waals surface area contributed by atoms with Gasteiger partial charge in [-0.2, -0.15) is 0 Å².